The van der Waals surface area contributed by atoms with Crippen molar-refractivity contribution in [2.24, 2.45) is 0 Å². The first-order valence-corrected chi connectivity index (χ1v) is 5.17. The van der Waals surface area contributed by atoms with E-state index in [1.165, 1.54) is 6.08 Å². The highest BCUT2D eigenvalue weighted by Crippen LogP contribution is 2.29. The second-order valence-electron chi connectivity index (χ2n) is 3.51. The van der Waals surface area contributed by atoms with Gasteiger partial charge >= 0.3 is 6.18 Å². The summed E-state index contributed by atoms with van der Waals surface area (Å²) in [6, 6.07) is 0. The first-order valence-electron chi connectivity index (χ1n) is 5.17. The van der Waals surface area contributed by atoms with Crippen molar-refractivity contribution in [1.82, 2.24) is 10.1 Å². The van der Waals surface area contributed by atoms with E-state index in [1.807, 2.05) is 0 Å². The van der Waals surface area contributed by atoms with Crippen LogP contribution in [0.4, 0.5) is 13.2 Å². The Hall–Kier alpha value is -1.59. The lowest BCUT2D eigenvalue weighted by atomic mass is 10.1. The van der Waals surface area contributed by atoms with Crippen LogP contribution in [-0.4, -0.2) is 16.3 Å². The SMILES string of the molecule is CC/C=C\C(=C/[C@@H](C)c1ncon1)C(F)(F)F. The Labute approximate surface area is 97.0 Å². The molecular formula is C11H13F3N2O. The molecule has 1 rings (SSSR count). The first-order chi connectivity index (χ1) is 7.95. The maximum Gasteiger partial charge on any atom is 0.416 e. The lowest BCUT2D eigenvalue weighted by Gasteiger charge is -2.09. The molecule has 1 aromatic heterocycles. The lowest BCUT2D eigenvalue weighted by Crippen LogP contribution is -2.11. The Kier molecular flexibility index (Phi) is 4.48. The molecule has 1 heterocycles. The number of hydrogen-bond acceptors (Lipinski definition) is 3. The van der Waals surface area contributed by atoms with E-state index in [4.69, 9.17) is 0 Å². The number of aromatic nitrogens is 2. The summed E-state index contributed by atoms with van der Waals surface area (Å²) in [7, 11) is 0. The van der Waals surface area contributed by atoms with Crippen LogP contribution >= 0.6 is 0 Å². The fraction of sp³-hybridized carbons (Fsp3) is 0.455. The van der Waals surface area contributed by atoms with Gasteiger partial charge in [-0.3, -0.25) is 0 Å². The summed E-state index contributed by atoms with van der Waals surface area (Å²) < 4.78 is 42.5. The maximum absolute atomic E-state index is 12.7. The van der Waals surface area contributed by atoms with Gasteiger partial charge in [-0.15, -0.1) is 0 Å². The van der Waals surface area contributed by atoms with Crippen LogP contribution in [0.1, 0.15) is 32.0 Å². The van der Waals surface area contributed by atoms with Gasteiger partial charge < -0.3 is 4.52 Å². The zero-order chi connectivity index (χ0) is 12.9. The van der Waals surface area contributed by atoms with Crippen molar-refractivity contribution in [3.8, 4) is 0 Å². The highest BCUT2D eigenvalue weighted by Gasteiger charge is 2.32. The van der Waals surface area contributed by atoms with E-state index in [0.29, 0.717) is 6.42 Å². The second-order valence-corrected chi connectivity index (χ2v) is 3.51. The molecule has 0 saturated carbocycles. The monoisotopic (exact) mass is 246 g/mol. The van der Waals surface area contributed by atoms with Crippen LogP contribution in [0.2, 0.25) is 0 Å². The topological polar surface area (TPSA) is 38.9 Å². The Bertz CT molecular complexity index is 393. The average Bonchev–Trinajstić information content (AvgIpc) is 2.75. The molecule has 17 heavy (non-hydrogen) atoms. The zero-order valence-electron chi connectivity index (χ0n) is 9.53. The molecule has 0 aromatic carbocycles. The van der Waals surface area contributed by atoms with Crippen LogP contribution < -0.4 is 0 Å². The minimum Gasteiger partial charge on any atom is -0.343 e. The molecule has 0 radical (unpaired) electrons. The zero-order valence-corrected chi connectivity index (χ0v) is 9.53. The normalized spacial score (nSPS) is 15.5. The Morgan fingerprint density at radius 3 is 2.71 bits per heavy atom. The third-order valence-corrected chi connectivity index (χ3v) is 2.08. The predicted octanol–water partition coefficient (Wildman–Crippen LogP) is 3.63. The highest BCUT2D eigenvalue weighted by molar-refractivity contribution is 5.26. The first kappa shape index (κ1) is 13.5. The van der Waals surface area contributed by atoms with E-state index in [-0.39, 0.29) is 5.82 Å². The fourth-order valence-electron chi connectivity index (χ4n) is 1.21. The third kappa shape index (κ3) is 4.05. The van der Waals surface area contributed by atoms with Crippen molar-refractivity contribution >= 4 is 0 Å². The molecule has 0 aliphatic carbocycles. The minimum atomic E-state index is -4.37. The molecule has 0 spiro atoms. The Morgan fingerprint density at radius 1 is 1.53 bits per heavy atom. The molecule has 0 saturated heterocycles. The summed E-state index contributed by atoms with van der Waals surface area (Å²) in [4.78, 5) is 3.72. The summed E-state index contributed by atoms with van der Waals surface area (Å²) in [5.41, 5.74) is -0.698. The van der Waals surface area contributed by atoms with Crippen LogP contribution in [0.15, 0.2) is 34.7 Å². The van der Waals surface area contributed by atoms with Crippen LogP contribution in [0.5, 0.6) is 0 Å². The van der Waals surface area contributed by atoms with E-state index in [1.54, 1.807) is 13.8 Å². The summed E-state index contributed by atoms with van der Waals surface area (Å²) in [5.74, 6) is -0.316. The van der Waals surface area contributed by atoms with Gasteiger partial charge in [0.2, 0.25) is 6.39 Å². The van der Waals surface area contributed by atoms with Gasteiger partial charge in [-0.1, -0.05) is 37.2 Å². The maximum atomic E-state index is 12.7. The summed E-state index contributed by atoms with van der Waals surface area (Å²) in [5, 5.41) is 3.51. The van der Waals surface area contributed by atoms with Crippen LogP contribution in [0.3, 0.4) is 0 Å². The van der Waals surface area contributed by atoms with Crippen molar-refractivity contribution < 1.29 is 17.7 Å². The third-order valence-electron chi connectivity index (χ3n) is 2.08. The van der Waals surface area contributed by atoms with Gasteiger partial charge in [0.15, 0.2) is 5.82 Å². The smallest absolute Gasteiger partial charge is 0.343 e. The largest absolute Gasteiger partial charge is 0.416 e. The quantitative estimate of drug-likeness (QED) is 0.761. The number of alkyl halides is 3. The molecular weight excluding hydrogens is 233 g/mol. The van der Waals surface area contributed by atoms with E-state index in [2.05, 4.69) is 14.7 Å². The molecule has 0 aliphatic rings. The number of nitrogens with zero attached hydrogens (tertiary/aromatic N) is 2. The Balaban J connectivity index is 2.94. The number of halogens is 3. The molecule has 0 amide bonds. The van der Waals surface area contributed by atoms with Crippen LogP contribution in [-0.2, 0) is 0 Å². The highest BCUT2D eigenvalue weighted by atomic mass is 19.4. The molecule has 3 nitrogen and oxygen atoms in total. The average molecular weight is 246 g/mol. The standard InChI is InChI=1S/C11H13F3N2O/c1-3-4-5-9(11(12,13)14)6-8(2)10-15-7-17-16-10/h4-8H,3H2,1-2H3/b5-4-,9-6+/t8-/m1/s1. The van der Waals surface area contributed by atoms with E-state index in [0.717, 1.165) is 18.5 Å². The van der Waals surface area contributed by atoms with Gasteiger partial charge in [0.1, 0.15) is 0 Å². The minimum absolute atomic E-state index is 0.233. The lowest BCUT2D eigenvalue weighted by molar-refractivity contribution is -0.0885. The predicted molar refractivity (Wildman–Crippen MR) is 56.3 cm³/mol. The van der Waals surface area contributed by atoms with Crippen molar-refractivity contribution in [3.63, 3.8) is 0 Å². The molecule has 94 valence electrons. The molecule has 0 N–H and O–H groups in total. The van der Waals surface area contributed by atoms with Gasteiger partial charge in [-0.2, -0.15) is 18.2 Å². The second kappa shape index (κ2) is 5.65. The molecule has 1 aromatic rings. The van der Waals surface area contributed by atoms with Gasteiger partial charge in [-0.05, 0) is 6.42 Å². The van der Waals surface area contributed by atoms with Crippen LogP contribution in [0.25, 0.3) is 0 Å². The number of rotatable bonds is 4. The molecule has 0 unspecified atom stereocenters. The van der Waals surface area contributed by atoms with E-state index >= 15 is 0 Å². The summed E-state index contributed by atoms with van der Waals surface area (Å²) in [6.07, 6.45) is 0.873. The van der Waals surface area contributed by atoms with Gasteiger partial charge in [0, 0.05) is 5.92 Å². The van der Waals surface area contributed by atoms with Crippen LogP contribution in [0, 0.1) is 0 Å². The van der Waals surface area contributed by atoms with Crippen molar-refractivity contribution in [2.45, 2.75) is 32.4 Å². The summed E-state index contributed by atoms with van der Waals surface area (Å²) >= 11 is 0. The fourth-order valence-corrected chi connectivity index (χ4v) is 1.21. The molecule has 1 atom stereocenters. The number of hydrogen-bond donors (Lipinski definition) is 0. The summed E-state index contributed by atoms with van der Waals surface area (Å²) in [6.45, 7) is 3.35. The van der Waals surface area contributed by atoms with Gasteiger partial charge in [0.25, 0.3) is 0 Å². The van der Waals surface area contributed by atoms with Gasteiger partial charge in [-0.25, -0.2) is 0 Å². The molecule has 0 fully saturated rings. The Morgan fingerprint density at radius 2 is 2.24 bits per heavy atom. The van der Waals surface area contributed by atoms with E-state index < -0.39 is 17.7 Å². The molecule has 6 heteroatoms. The van der Waals surface area contributed by atoms with Crippen molar-refractivity contribution in [1.29, 1.82) is 0 Å². The van der Waals surface area contributed by atoms with Gasteiger partial charge in [0.05, 0.1) is 5.57 Å². The molecule has 0 bridgehead atoms. The van der Waals surface area contributed by atoms with Crippen molar-refractivity contribution in [2.75, 3.05) is 0 Å². The molecule has 0 aliphatic heterocycles. The van der Waals surface area contributed by atoms with Crippen molar-refractivity contribution in [3.05, 3.63) is 36.0 Å². The van der Waals surface area contributed by atoms with E-state index in [9.17, 15) is 13.2 Å². The number of allylic oxidation sites excluding steroid dienone is 4.